The first kappa shape index (κ1) is 15.0. The van der Waals surface area contributed by atoms with E-state index in [9.17, 15) is 0 Å². The molecule has 0 aliphatic heterocycles. The SMILES string of the molecule is COCCN(c1cc(Br)ccc1CBr)C(C)C. The van der Waals surface area contributed by atoms with E-state index in [1.807, 2.05) is 0 Å². The van der Waals surface area contributed by atoms with Crippen molar-refractivity contribution >= 4 is 37.5 Å². The van der Waals surface area contributed by atoms with Crippen LogP contribution in [0.5, 0.6) is 0 Å². The molecule has 2 nitrogen and oxygen atoms in total. The molecule has 0 unspecified atom stereocenters. The summed E-state index contributed by atoms with van der Waals surface area (Å²) in [5.41, 5.74) is 2.57. The Morgan fingerprint density at radius 3 is 2.59 bits per heavy atom. The van der Waals surface area contributed by atoms with Gasteiger partial charge >= 0.3 is 0 Å². The molecule has 96 valence electrons. The molecule has 0 aliphatic carbocycles. The van der Waals surface area contributed by atoms with Gasteiger partial charge in [0, 0.05) is 35.2 Å². The topological polar surface area (TPSA) is 12.5 Å². The fourth-order valence-corrected chi connectivity index (χ4v) is 2.59. The molecule has 0 fully saturated rings. The van der Waals surface area contributed by atoms with Crippen LogP contribution >= 0.6 is 31.9 Å². The van der Waals surface area contributed by atoms with Crippen LogP contribution in [-0.2, 0) is 10.1 Å². The van der Waals surface area contributed by atoms with Crippen molar-refractivity contribution in [3.8, 4) is 0 Å². The average molecular weight is 365 g/mol. The number of alkyl halides is 1. The van der Waals surface area contributed by atoms with Gasteiger partial charge in [-0.25, -0.2) is 0 Å². The van der Waals surface area contributed by atoms with E-state index in [0.717, 1.165) is 23.0 Å². The lowest BCUT2D eigenvalue weighted by Crippen LogP contribution is -2.34. The molecule has 0 heterocycles. The molecule has 4 heteroatoms. The van der Waals surface area contributed by atoms with Gasteiger partial charge in [-0.15, -0.1) is 0 Å². The smallest absolute Gasteiger partial charge is 0.0637 e. The largest absolute Gasteiger partial charge is 0.383 e. The Bertz CT molecular complexity index is 355. The zero-order valence-corrected chi connectivity index (χ0v) is 13.7. The first-order chi connectivity index (χ1) is 8.10. The highest BCUT2D eigenvalue weighted by molar-refractivity contribution is 9.10. The maximum absolute atomic E-state index is 5.18. The van der Waals surface area contributed by atoms with Gasteiger partial charge in [0.1, 0.15) is 0 Å². The van der Waals surface area contributed by atoms with Crippen LogP contribution in [0.1, 0.15) is 19.4 Å². The van der Waals surface area contributed by atoms with Crippen LogP contribution in [0, 0.1) is 0 Å². The third kappa shape index (κ3) is 4.27. The van der Waals surface area contributed by atoms with Gasteiger partial charge in [-0.1, -0.05) is 37.9 Å². The fraction of sp³-hybridized carbons (Fsp3) is 0.538. The van der Waals surface area contributed by atoms with Gasteiger partial charge in [0.2, 0.25) is 0 Å². The number of anilines is 1. The summed E-state index contributed by atoms with van der Waals surface area (Å²) >= 11 is 7.08. The van der Waals surface area contributed by atoms with Crippen LogP contribution in [0.15, 0.2) is 22.7 Å². The molecule has 1 aromatic rings. The van der Waals surface area contributed by atoms with Crippen LogP contribution in [0.25, 0.3) is 0 Å². The summed E-state index contributed by atoms with van der Waals surface area (Å²) in [6, 6.07) is 6.86. The molecule has 0 aromatic heterocycles. The van der Waals surface area contributed by atoms with E-state index in [1.54, 1.807) is 7.11 Å². The standard InChI is InChI=1S/C13H19Br2NO/c1-10(2)16(6-7-17-3)13-8-12(15)5-4-11(13)9-14/h4-5,8,10H,6-7,9H2,1-3H3. The number of rotatable bonds is 6. The third-order valence-corrected chi connectivity index (χ3v) is 3.76. The van der Waals surface area contributed by atoms with Gasteiger partial charge in [-0.2, -0.15) is 0 Å². The van der Waals surface area contributed by atoms with E-state index in [1.165, 1.54) is 11.3 Å². The van der Waals surface area contributed by atoms with Crippen LogP contribution in [-0.4, -0.2) is 26.3 Å². The van der Waals surface area contributed by atoms with E-state index in [-0.39, 0.29) is 0 Å². The van der Waals surface area contributed by atoms with Crippen molar-refractivity contribution in [2.45, 2.75) is 25.2 Å². The van der Waals surface area contributed by atoms with Gasteiger partial charge < -0.3 is 9.64 Å². The Labute approximate surface area is 121 Å². The normalized spacial score (nSPS) is 10.9. The molecular formula is C13H19Br2NO. The maximum Gasteiger partial charge on any atom is 0.0637 e. The number of hydrogen-bond acceptors (Lipinski definition) is 2. The van der Waals surface area contributed by atoms with Crippen molar-refractivity contribution in [2.24, 2.45) is 0 Å². The summed E-state index contributed by atoms with van der Waals surface area (Å²) < 4.78 is 6.29. The highest BCUT2D eigenvalue weighted by Crippen LogP contribution is 2.28. The van der Waals surface area contributed by atoms with Crippen molar-refractivity contribution in [3.05, 3.63) is 28.2 Å². The first-order valence-electron chi connectivity index (χ1n) is 5.70. The minimum atomic E-state index is 0.456. The number of hydrogen-bond donors (Lipinski definition) is 0. The molecule has 0 bridgehead atoms. The highest BCUT2D eigenvalue weighted by Gasteiger charge is 2.14. The molecule has 1 rings (SSSR count). The summed E-state index contributed by atoms with van der Waals surface area (Å²) in [5, 5.41) is 0.867. The Morgan fingerprint density at radius 2 is 2.06 bits per heavy atom. The fourth-order valence-electron chi connectivity index (χ4n) is 1.76. The lowest BCUT2D eigenvalue weighted by Gasteiger charge is -2.30. The molecule has 17 heavy (non-hydrogen) atoms. The van der Waals surface area contributed by atoms with Crippen molar-refractivity contribution in [2.75, 3.05) is 25.2 Å². The van der Waals surface area contributed by atoms with Gasteiger partial charge in [-0.3, -0.25) is 0 Å². The van der Waals surface area contributed by atoms with Crippen molar-refractivity contribution in [3.63, 3.8) is 0 Å². The molecular weight excluding hydrogens is 346 g/mol. The summed E-state index contributed by atoms with van der Waals surface area (Å²) in [4.78, 5) is 2.37. The summed E-state index contributed by atoms with van der Waals surface area (Å²) in [7, 11) is 1.74. The monoisotopic (exact) mass is 363 g/mol. The van der Waals surface area contributed by atoms with Crippen LogP contribution in [0.3, 0.4) is 0 Å². The highest BCUT2D eigenvalue weighted by atomic mass is 79.9. The molecule has 0 saturated carbocycles. The summed E-state index contributed by atoms with van der Waals surface area (Å²) in [6.45, 7) is 6.06. The molecule has 0 saturated heterocycles. The Kier molecular flexibility index (Phi) is 6.52. The second-order valence-electron chi connectivity index (χ2n) is 4.19. The van der Waals surface area contributed by atoms with E-state index >= 15 is 0 Å². The number of ether oxygens (including phenoxy) is 1. The van der Waals surface area contributed by atoms with Crippen molar-refractivity contribution in [1.29, 1.82) is 0 Å². The third-order valence-electron chi connectivity index (χ3n) is 2.66. The molecule has 0 radical (unpaired) electrons. The number of methoxy groups -OCH3 is 1. The predicted molar refractivity (Wildman–Crippen MR) is 81.1 cm³/mol. The van der Waals surface area contributed by atoms with Gasteiger partial charge in [-0.05, 0) is 31.5 Å². The van der Waals surface area contributed by atoms with Crippen LogP contribution < -0.4 is 4.90 Å². The Hall–Kier alpha value is -0.0600. The Balaban J connectivity index is 3.02. The van der Waals surface area contributed by atoms with Crippen LogP contribution in [0.4, 0.5) is 5.69 Å². The van der Waals surface area contributed by atoms with Crippen molar-refractivity contribution < 1.29 is 4.74 Å². The van der Waals surface area contributed by atoms with Gasteiger partial charge in [0.15, 0.2) is 0 Å². The lowest BCUT2D eigenvalue weighted by molar-refractivity contribution is 0.204. The van der Waals surface area contributed by atoms with E-state index in [2.05, 4.69) is 68.8 Å². The molecule has 0 spiro atoms. The first-order valence-corrected chi connectivity index (χ1v) is 7.61. The van der Waals surface area contributed by atoms with Gasteiger partial charge in [0.05, 0.1) is 6.61 Å². The molecule has 1 aromatic carbocycles. The molecule has 0 N–H and O–H groups in total. The zero-order valence-electron chi connectivity index (χ0n) is 10.5. The zero-order chi connectivity index (χ0) is 12.8. The number of benzene rings is 1. The number of halogens is 2. The maximum atomic E-state index is 5.18. The lowest BCUT2D eigenvalue weighted by atomic mass is 10.1. The molecule has 0 amide bonds. The Morgan fingerprint density at radius 1 is 1.35 bits per heavy atom. The van der Waals surface area contributed by atoms with E-state index in [4.69, 9.17) is 4.74 Å². The summed E-state index contributed by atoms with van der Waals surface area (Å²) in [5.74, 6) is 0. The minimum absolute atomic E-state index is 0.456. The van der Waals surface area contributed by atoms with Crippen molar-refractivity contribution in [1.82, 2.24) is 0 Å². The molecule has 0 aliphatic rings. The minimum Gasteiger partial charge on any atom is -0.383 e. The average Bonchev–Trinajstić information content (AvgIpc) is 2.29. The quantitative estimate of drug-likeness (QED) is 0.701. The predicted octanol–water partition coefficient (Wildman–Crippen LogP) is 4.21. The summed E-state index contributed by atoms with van der Waals surface area (Å²) in [6.07, 6.45) is 0. The second-order valence-corrected chi connectivity index (χ2v) is 5.66. The van der Waals surface area contributed by atoms with E-state index < -0.39 is 0 Å². The second kappa shape index (κ2) is 7.39. The van der Waals surface area contributed by atoms with Crippen LogP contribution in [0.2, 0.25) is 0 Å². The molecule has 0 atom stereocenters. The van der Waals surface area contributed by atoms with Gasteiger partial charge in [0.25, 0.3) is 0 Å². The van der Waals surface area contributed by atoms with E-state index in [0.29, 0.717) is 6.04 Å². The number of nitrogens with zero attached hydrogens (tertiary/aromatic N) is 1.